The summed E-state index contributed by atoms with van der Waals surface area (Å²) in [6, 6.07) is 40.9. The first kappa shape index (κ1) is 44.7. The van der Waals surface area contributed by atoms with Crippen LogP contribution in [-0.2, 0) is 42.7 Å². The van der Waals surface area contributed by atoms with Crippen LogP contribution in [0.1, 0.15) is 126 Å². The number of fused-ring (bicyclic) bond motifs is 4. The molecule has 0 aliphatic rings. The molecule has 3 heterocycles. The van der Waals surface area contributed by atoms with E-state index < -0.39 is 120 Å². The van der Waals surface area contributed by atoms with E-state index in [1.54, 1.807) is 33.4 Å². The molecule has 5 nitrogen and oxygen atoms in total. The third kappa shape index (κ3) is 11.4. The Kier molecular flexibility index (Phi) is 11.7. The van der Waals surface area contributed by atoms with Gasteiger partial charge < -0.3 is 13.9 Å². The molecule has 0 aliphatic heterocycles. The quantitative estimate of drug-likeness (QED) is 0.0560. The summed E-state index contributed by atoms with van der Waals surface area (Å²) in [7, 11) is -5.84. The van der Waals surface area contributed by atoms with E-state index in [1.165, 1.54) is 0 Å². The molecule has 10 aromatic carbocycles. The molecule has 13 rings (SSSR count). The maximum atomic E-state index is 10.1. The van der Waals surface area contributed by atoms with Gasteiger partial charge in [0.25, 0.3) is 6.33 Å². The summed E-state index contributed by atoms with van der Waals surface area (Å²) in [6.07, 6.45) is 5.53. The largest absolute Gasteiger partial charge is 0.510 e. The smallest absolute Gasteiger partial charge is 0.268 e. The molecule has 0 spiro atoms. The second kappa shape index (κ2) is 23.4. The third-order valence-corrected chi connectivity index (χ3v) is 20.8. The van der Waals surface area contributed by atoms with Gasteiger partial charge in [0, 0.05) is 44.3 Å². The van der Waals surface area contributed by atoms with Gasteiger partial charge >= 0.3 is 0 Å². The van der Waals surface area contributed by atoms with Crippen molar-refractivity contribution in [2.75, 3.05) is 0 Å². The van der Waals surface area contributed by atoms with Gasteiger partial charge in [0.15, 0.2) is 8.07 Å². The van der Waals surface area contributed by atoms with Crippen molar-refractivity contribution < 1.29 is 50.9 Å². The average molecular weight is 1370 g/mol. The van der Waals surface area contributed by atoms with Crippen LogP contribution in [0.3, 0.4) is 0 Å². The fourth-order valence-electron chi connectivity index (χ4n) is 11.8. The number of imidazole rings is 1. The van der Waals surface area contributed by atoms with Crippen LogP contribution >= 0.6 is 0 Å². The van der Waals surface area contributed by atoms with Crippen molar-refractivity contribution in [2.24, 2.45) is 0 Å². The molecule has 0 amide bonds. The minimum atomic E-state index is -5.84. The third-order valence-electron chi connectivity index (χ3n) is 16.6. The summed E-state index contributed by atoms with van der Waals surface area (Å²) in [5.74, 6) is 1.36. The van der Waals surface area contributed by atoms with Gasteiger partial charge in [0.1, 0.15) is 5.82 Å². The van der Waals surface area contributed by atoms with Crippen LogP contribution in [-0.4, -0.2) is 22.2 Å². The van der Waals surface area contributed by atoms with E-state index in [4.69, 9.17) is 13.8 Å². The van der Waals surface area contributed by atoms with Gasteiger partial charge in [-0.3, -0.25) is 4.57 Å². The van der Waals surface area contributed by atoms with Gasteiger partial charge in [-0.25, -0.2) is 4.98 Å². The van der Waals surface area contributed by atoms with E-state index in [0.29, 0.717) is 39.4 Å². The summed E-state index contributed by atoms with van der Waals surface area (Å²) >= 11 is 0. The van der Waals surface area contributed by atoms with Crippen LogP contribution in [0.5, 0.6) is 11.5 Å². The number of benzene rings is 10. The molecule has 3 aromatic heterocycles. The molecule has 0 aliphatic carbocycles. The first-order chi connectivity index (χ1) is 48.4. The molecular weight excluding hydrogens is 1280 g/mol. The van der Waals surface area contributed by atoms with Crippen molar-refractivity contribution in [2.45, 2.75) is 105 Å². The minimum Gasteiger partial charge on any atom is -0.510 e. The fraction of sp³-hybridized carbons (Fsp3) is 0.195. The Morgan fingerprint density at radius 3 is 1.67 bits per heavy atom. The summed E-state index contributed by atoms with van der Waals surface area (Å²) in [5.41, 5.74) is 8.76. The van der Waals surface area contributed by atoms with Crippen LogP contribution in [0.4, 0.5) is 0 Å². The maximum Gasteiger partial charge on any atom is 0.268 e. The summed E-state index contributed by atoms with van der Waals surface area (Å²) in [6.45, 7) is 25.7. The second-order valence-electron chi connectivity index (χ2n) is 26.6. The zero-order valence-corrected chi connectivity index (χ0v) is 55.2. The molecule has 0 fully saturated rings. The van der Waals surface area contributed by atoms with Crippen molar-refractivity contribution in [3.05, 3.63) is 283 Å². The Balaban J connectivity index is 0.0000102. The molecule has 0 saturated heterocycles. The Morgan fingerprint density at radius 2 is 1.04 bits per heavy atom. The molecule has 0 atom stereocenters. The molecule has 446 valence electrons. The molecule has 0 bridgehead atoms. The van der Waals surface area contributed by atoms with E-state index >= 15 is 0 Å². The molecule has 13 aromatic rings. The number of nitrogens with zero attached hydrogens (tertiary/aromatic N) is 4. The predicted octanol–water partition coefficient (Wildman–Crippen LogP) is 17.5. The number of hydrogen-bond acceptors (Lipinski definition) is 2. The Bertz CT molecular complexity index is 5420. The van der Waals surface area contributed by atoms with Crippen LogP contribution in [0, 0.1) is 18.5 Å². The van der Waals surface area contributed by atoms with Gasteiger partial charge in [0.05, 0.1) is 37.3 Å². The minimum absolute atomic E-state index is 0. The molecule has 0 N–H and O–H groups in total. The van der Waals surface area contributed by atoms with Gasteiger partial charge in [-0.05, 0) is 122 Å². The molecule has 7 heteroatoms. The molecule has 89 heavy (non-hydrogen) atoms. The first-order valence-electron chi connectivity index (χ1n) is 37.1. The van der Waals surface area contributed by atoms with Crippen molar-refractivity contribution in [1.29, 1.82) is 0 Å². The number of ether oxygens (including phenoxy) is 1. The van der Waals surface area contributed by atoms with Crippen molar-refractivity contribution in [1.82, 2.24) is 14.1 Å². The zero-order chi connectivity index (χ0) is 74.4. The summed E-state index contributed by atoms with van der Waals surface area (Å²) in [5, 5.41) is -0.0205. The van der Waals surface area contributed by atoms with E-state index in [1.807, 2.05) is 91.1 Å². The van der Waals surface area contributed by atoms with Gasteiger partial charge in [-0.15, -0.1) is 29.7 Å². The van der Waals surface area contributed by atoms with Crippen LogP contribution in [0.15, 0.2) is 242 Å². The van der Waals surface area contributed by atoms with E-state index in [9.17, 15) is 16.4 Å². The van der Waals surface area contributed by atoms with Gasteiger partial charge in [0.2, 0.25) is 0 Å². The number of rotatable bonds is 11. The van der Waals surface area contributed by atoms with Crippen LogP contribution < -0.4 is 30.1 Å². The monoisotopic (exact) mass is 1370 g/mol. The maximum absolute atomic E-state index is 10.1. The van der Waals surface area contributed by atoms with E-state index in [2.05, 4.69) is 143 Å². The molecule has 0 radical (unpaired) electrons. The predicted molar refractivity (Wildman–Crippen MR) is 369 cm³/mol. The number of para-hydroxylation sites is 2. The van der Waals surface area contributed by atoms with Crippen molar-refractivity contribution in [3.63, 3.8) is 0 Å². The Hall–Kier alpha value is -8.67. The van der Waals surface area contributed by atoms with Gasteiger partial charge in [-0.1, -0.05) is 270 Å². The van der Waals surface area contributed by atoms with E-state index in [-0.39, 0.29) is 53.9 Å². The average Bonchev–Trinajstić information content (AvgIpc) is 0.735. The van der Waals surface area contributed by atoms with Crippen molar-refractivity contribution in [3.8, 4) is 50.9 Å². The first-order valence-corrected chi connectivity index (χ1v) is 31.6. The Labute approximate surface area is 562 Å². The normalized spacial score (nSPS) is 14.8. The molecule has 0 unspecified atom stereocenters. The number of pyridine rings is 1. The summed E-state index contributed by atoms with van der Waals surface area (Å²) < 4.78 is 157. The van der Waals surface area contributed by atoms with Crippen molar-refractivity contribution >= 4 is 61.7 Å². The van der Waals surface area contributed by atoms with Crippen LogP contribution in [0.2, 0.25) is 0 Å². The number of hydrogen-bond donors (Lipinski definition) is 0. The fourth-order valence-corrected chi connectivity index (χ4v) is 15.8. The van der Waals surface area contributed by atoms with Gasteiger partial charge in [-0.2, -0.15) is 18.2 Å². The Morgan fingerprint density at radius 1 is 0.472 bits per heavy atom. The summed E-state index contributed by atoms with van der Waals surface area (Å²) in [4.78, 5) is 4.89. The standard InChI is InChI=1S/C82H76N4OSi.Pt/c1-79(2,3)59-28-24-27-57(47-59)69-38-26-40-76(88(66-31-16-13-17-32-66,67-33-18-14-19-34-67)68-35-20-15-21-36-68)78(69)85-55-84(75-50-56(41-44-73(75)85)58-48-61(81(7,8)9)51-62(49-58)82(10,11)12)63-29-25-30-64(53-63)87-65-42-43-71-70-37-22-23-39-72(70)86(74(71)54-65)77-52-60(45-46-83-77)80(4,5)6;/h13-52H,1-12H3;/q-2;/i13D,14D,15D,16D,17D,18D,19D,20D,21D,31D,32D,33D,34D,35D,36D;. The topological polar surface area (TPSA) is 35.9 Å². The van der Waals surface area contributed by atoms with E-state index in [0.717, 1.165) is 55.2 Å². The molecule has 0 saturated carbocycles. The molecular formula is C82H76N4OPtSi-2. The zero-order valence-electron chi connectivity index (χ0n) is 66.9. The number of aromatic nitrogens is 4. The van der Waals surface area contributed by atoms with Crippen LogP contribution in [0.25, 0.3) is 72.3 Å². The SMILES string of the molecule is [2H]c1c([2H])c([2H])c([Si](c2cccc(-c3cccc(C(C)(C)C)c3)c2-[n+]2[c-]n(-c3[c-]c(Oc4[c-]c5c(cc4)c4ccccc4n5-c4cc(C(C)(C)C)ccn4)ccc3)c3cc(-c4cc(C(C)(C)C)cc(C(C)(C)C)c4)ccc32)(c2c([2H])c([2H])c([2H])c([2H])c2[2H])c2c([2H])c([2H])c([2H])c([2H])c2[2H])c([2H])c1[2H].[Pt]. The second-order valence-corrected chi connectivity index (χ2v) is 30.2.